The first-order chi connectivity index (χ1) is 8.38. The maximum absolute atomic E-state index is 5.80. The number of ether oxygens (including phenoxy) is 1. The van der Waals surface area contributed by atoms with Gasteiger partial charge in [0.1, 0.15) is 0 Å². The van der Waals surface area contributed by atoms with Crippen molar-refractivity contribution >= 4 is 0 Å². The van der Waals surface area contributed by atoms with Crippen LogP contribution in [-0.2, 0) is 11.3 Å². The fourth-order valence-electron chi connectivity index (χ4n) is 2.55. The van der Waals surface area contributed by atoms with Crippen LogP contribution >= 0.6 is 0 Å². The second-order valence-electron chi connectivity index (χ2n) is 5.12. The van der Waals surface area contributed by atoms with E-state index in [4.69, 9.17) is 10.5 Å². The first-order valence-electron chi connectivity index (χ1n) is 6.70. The minimum atomic E-state index is 0.748. The van der Waals surface area contributed by atoms with Crippen LogP contribution < -0.4 is 5.73 Å². The fraction of sp³-hybridized carbons (Fsp3) is 0.600. The standard InChI is InChI=1S/C15H23NO/c16-10-13-6-8-15(9-7-13)12-17-11-14-4-2-1-3-5-14/h1-5,13,15H,6-12,16H2. The minimum absolute atomic E-state index is 0.748. The van der Waals surface area contributed by atoms with Crippen molar-refractivity contribution in [2.45, 2.75) is 32.3 Å². The van der Waals surface area contributed by atoms with E-state index in [0.29, 0.717) is 0 Å². The third kappa shape index (κ3) is 4.14. The fourth-order valence-corrected chi connectivity index (χ4v) is 2.55. The topological polar surface area (TPSA) is 35.2 Å². The second-order valence-corrected chi connectivity index (χ2v) is 5.12. The van der Waals surface area contributed by atoms with Crippen molar-refractivity contribution in [1.29, 1.82) is 0 Å². The number of hydrogen-bond donors (Lipinski definition) is 1. The number of rotatable bonds is 5. The molecule has 2 N–H and O–H groups in total. The van der Waals surface area contributed by atoms with Crippen molar-refractivity contribution in [3.05, 3.63) is 35.9 Å². The van der Waals surface area contributed by atoms with E-state index in [-0.39, 0.29) is 0 Å². The molecule has 1 aromatic rings. The highest BCUT2D eigenvalue weighted by molar-refractivity contribution is 5.13. The van der Waals surface area contributed by atoms with Gasteiger partial charge in [-0.2, -0.15) is 0 Å². The van der Waals surface area contributed by atoms with Gasteiger partial charge in [-0.3, -0.25) is 0 Å². The summed E-state index contributed by atoms with van der Waals surface area (Å²) in [6, 6.07) is 10.4. The highest BCUT2D eigenvalue weighted by Gasteiger charge is 2.19. The van der Waals surface area contributed by atoms with Gasteiger partial charge >= 0.3 is 0 Å². The summed E-state index contributed by atoms with van der Waals surface area (Å²) in [5.74, 6) is 1.52. The summed E-state index contributed by atoms with van der Waals surface area (Å²) in [5, 5.41) is 0. The zero-order chi connectivity index (χ0) is 11.9. The molecule has 0 amide bonds. The van der Waals surface area contributed by atoms with Gasteiger partial charge in [-0.15, -0.1) is 0 Å². The molecule has 2 heteroatoms. The van der Waals surface area contributed by atoms with Crippen molar-refractivity contribution < 1.29 is 4.74 Å². The van der Waals surface area contributed by atoms with Crippen LogP contribution in [0.5, 0.6) is 0 Å². The van der Waals surface area contributed by atoms with Gasteiger partial charge in [-0.25, -0.2) is 0 Å². The molecule has 0 saturated heterocycles. The van der Waals surface area contributed by atoms with E-state index in [1.807, 2.05) is 6.07 Å². The van der Waals surface area contributed by atoms with Crippen molar-refractivity contribution in [3.63, 3.8) is 0 Å². The SMILES string of the molecule is NCC1CCC(COCc2ccccc2)CC1. The van der Waals surface area contributed by atoms with Crippen molar-refractivity contribution in [3.8, 4) is 0 Å². The third-order valence-electron chi connectivity index (χ3n) is 3.76. The van der Waals surface area contributed by atoms with E-state index >= 15 is 0 Å². The maximum atomic E-state index is 5.80. The minimum Gasteiger partial charge on any atom is -0.376 e. The lowest BCUT2D eigenvalue weighted by molar-refractivity contribution is 0.0677. The Balaban J connectivity index is 1.63. The van der Waals surface area contributed by atoms with Crippen molar-refractivity contribution in [1.82, 2.24) is 0 Å². The monoisotopic (exact) mass is 233 g/mol. The lowest BCUT2D eigenvalue weighted by Gasteiger charge is -2.27. The first-order valence-corrected chi connectivity index (χ1v) is 6.70. The van der Waals surface area contributed by atoms with Gasteiger partial charge in [0.25, 0.3) is 0 Å². The molecular formula is C15H23NO. The molecule has 1 aliphatic carbocycles. The summed E-state index contributed by atoms with van der Waals surface area (Å²) in [7, 11) is 0. The highest BCUT2D eigenvalue weighted by atomic mass is 16.5. The lowest BCUT2D eigenvalue weighted by atomic mass is 9.82. The van der Waals surface area contributed by atoms with E-state index in [2.05, 4.69) is 24.3 Å². The molecule has 0 aromatic heterocycles. The van der Waals surface area contributed by atoms with E-state index in [0.717, 1.165) is 31.6 Å². The van der Waals surface area contributed by atoms with E-state index in [9.17, 15) is 0 Å². The summed E-state index contributed by atoms with van der Waals surface area (Å²) < 4.78 is 5.80. The summed E-state index contributed by atoms with van der Waals surface area (Å²) in [4.78, 5) is 0. The Kier molecular flexibility index (Phi) is 5.02. The average molecular weight is 233 g/mol. The third-order valence-corrected chi connectivity index (χ3v) is 3.76. The van der Waals surface area contributed by atoms with Gasteiger partial charge in [-0.1, -0.05) is 30.3 Å². The molecule has 94 valence electrons. The van der Waals surface area contributed by atoms with Gasteiger partial charge in [0, 0.05) is 6.61 Å². The van der Waals surface area contributed by atoms with Gasteiger partial charge < -0.3 is 10.5 Å². The van der Waals surface area contributed by atoms with Gasteiger partial charge in [0.2, 0.25) is 0 Å². The maximum Gasteiger partial charge on any atom is 0.0717 e. The lowest BCUT2D eigenvalue weighted by Crippen LogP contribution is -2.23. The van der Waals surface area contributed by atoms with Crippen molar-refractivity contribution in [2.75, 3.05) is 13.2 Å². The Morgan fingerprint density at radius 1 is 1.00 bits per heavy atom. The Hall–Kier alpha value is -0.860. The zero-order valence-corrected chi connectivity index (χ0v) is 10.5. The summed E-state index contributed by atoms with van der Waals surface area (Å²) in [5.41, 5.74) is 6.96. The Morgan fingerprint density at radius 2 is 1.65 bits per heavy atom. The highest BCUT2D eigenvalue weighted by Crippen LogP contribution is 2.28. The van der Waals surface area contributed by atoms with E-state index < -0.39 is 0 Å². The second kappa shape index (κ2) is 6.77. The first kappa shape index (κ1) is 12.6. The molecule has 0 unspecified atom stereocenters. The summed E-state index contributed by atoms with van der Waals surface area (Å²) in [6.07, 6.45) is 5.15. The van der Waals surface area contributed by atoms with E-state index in [1.54, 1.807) is 0 Å². The molecule has 2 rings (SSSR count). The number of benzene rings is 1. The Morgan fingerprint density at radius 3 is 2.29 bits per heavy atom. The Labute approximate surface area is 104 Å². The van der Waals surface area contributed by atoms with Gasteiger partial charge in [0.05, 0.1) is 6.61 Å². The quantitative estimate of drug-likeness (QED) is 0.848. The molecule has 0 radical (unpaired) electrons. The van der Waals surface area contributed by atoms with Crippen molar-refractivity contribution in [2.24, 2.45) is 17.6 Å². The molecule has 0 atom stereocenters. The predicted octanol–water partition coefficient (Wildman–Crippen LogP) is 2.97. The number of hydrogen-bond acceptors (Lipinski definition) is 2. The summed E-state index contributed by atoms with van der Waals surface area (Å²) in [6.45, 7) is 2.52. The van der Waals surface area contributed by atoms with Crippen LogP contribution in [-0.4, -0.2) is 13.2 Å². The summed E-state index contributed by atoms with van der Waals surface area (Å²) >= 11 is 0. The molecule has 0 spiro atoms. The molecule has 17 heavy (non-hydrogen) atoms. The molecular weight excluding hydrogens is 210 g/mol. The van der Waals surface area contributed by atoms with Crippen LogP contribution in [0.25, 0.3) is 0 Å². The molecule has 1 fully saturated rings. The Bertz CT molecular complexity index is 304. The molecule has 1 aromatic carbocycles. The smallest absolute Gasteiger partial charge is 0.0717 e. The molecule has 1 saturated carbocycles. The van der Waals surface area contributed by atoms with Crippen LogP contribution in [0.1, 0.15) is 31.2 Å². The van der Waals surface area contributed by atoms with E-state index in [1.165, 1.54) is 31.2 Å². The molecule has 0 heterocycles. The largest absolute Gasteiger partial charge is 0.376 e. The van der Waals surface area contributed by atoms with Crippen LogP contribution in [0.4, 0.5) is 0 Å². The molecule has 0 aliphatic heterocycles. The normalized spacial score (nSPS) is 24.8. The molecule has 1 aliphatic rings. The zero-order valence-electron chi connectivity index (χ0n) is 10.5. The van der Waals surface area contributed by atoms with Crippen LogP contribution in [0.15, 0.2) is 30.3 Å². The average Bonchev–Trinajstić information content (AvgIpc) is 2.41. The van der Waals surface area contributed by atoms with Crippen LogP contribution in [0.3, 0.4) is 0 Å². The van der Waals surface area contributed by atoms with Gasteiger partial charge in [0.15, 0.2) is 0 Å². The van der Waals surface area contributed by atoms with Crippen LogP contribution in [0.2, 0.25) is 0 Å². The van der Waals surface area contributed by atoms with Crippen LogP contribution in [0, 0.1) is 11.8 Å². The molecule has 2 nitrogen and oxygen atoms in total. The van der Waals surface area contributed by atoms with Gasteiger partial charge in [-0.05, 0) is 49.6 Å². The predicted molar refractivity (Wildman–Crippen MR) is 70.6 cm³/mol. The molecule has 0 bridgehead atoms. The number of nitrogens with two attached hydrogens (primary N) is 1.